The smallest absolute Gasteiger partial charge is 0.119 e. The molecule has 1 fully saturated rings. The second-order valence-corrected chi connectivity index (χ2v) is 5.23. The van der Waals surface area contributed by atoms with Crippen LogP contribution >= 0.6 is 0 Å². The first kappa shape index (κ1) is 13.9. The van der Waals surface area contributed by atoms with E-state index in [2.05, 4.69) is 35.2 Å². The van der Waals surface area contributed by atoms with Gasteiger partial charge in [-0.3, -0.25) is 5.41 Å². The number of nitrogens with one attached hydrogen (secondary N) is 1. The average molecular weight is 284 g/mol. The number of hydrogen-bond acceptors (Lipinski definition) is 3. The van der Waals surface area contributed by atoms with Crippen LogP contribution in [0.2, 0.25) is 0 Å². The maximum Gasteiger partial charge on any atom is 0.119 e. The highest BCUT2D eigenvalue weighted by molar-refractivity contribution is 5.92. The van der Waals surface area contributed by atoms with E-state index in [-0.39, 0.29) is 0 Å². The van der Waals surface area contributed by atoms with Crippen molar-refractivity contribution >= 4 is 16.6 Å². The summed E-state index contributed by atoms with van der Waals surface area (Å²) in [6.45, 7) is 3.05. The predicted molar refractivity (Wildman–Crippen MR) is 84.3 cm³/mol. The zero-order chi connectivity index (χ0) is 14.7. The first-order valence-electron chi connectivity index (χ1n) is 7.23. The Labute approximate surface area is 124 Å². The molecule has 0 aromatic heterocycles. The van der Waals surface area contributed by atoms with Crippen LogP contribution in [-0.4, -0.2) is 44.1 Å². The van der Waals surface area contributed by atoms with Gasteiger partial charge in [0.2, 0.25) is 0 Å². The molecule has 0 bridgehead atoms. The Morgan fingerprint density at radius 1 is 1.24 bits per heavy atom. The summed E-state index contributed by atoms with van der Waals surface area (Å²) in [4.78, 5) is 2.10. The summed E-state index contributed by atoms with van der Waals surface area (Å²) < 4.78 is 10.7. The molecule has 1 aliphatic heterocycles. The second kappa shape index (κ2) is 6.14. The molecule has 0 amide bonds. The molecule has 2 aromatic carbocycles. The van der Waals surface area contributed by atoms with Crippen LogP contribution in [0.5, 0.6) is 5.75 Å². The van der Waals surface area contributed by atoms with Gasteiger partial charge >= 0.3 is 0 Å². The Balaban J connectivity index is 1.87. The van der Waals surface area contributed by atoms with Gasteiger partial charge in [0.15, 0.2) is 0 Å². The van der Waals surface area contributed by atoms with E-state index < -0.39 is 0 Å². The highest BCUT2D eigenvalue weighted by Crippen LogP contribution is 2.24. The molecular formula is C17H20N2O2. The average Bonchev–Trinajstić information content (AvgIpc) is 2.55. The highest BCUT2D eigenvalue weighted by atomic mass is 16.5. The molecule has 2 aromatic rings. The number of hydrogen-bond donors (Lipinski definition) is 1. The van der Waals surface area contributed by atoms with E-state index >= 15 is 0 Å². The number of fused-ring (bicyclic) bond motifs is 1. The van der Waals surface area contributed by atoms with Crippen molar-refractivity contribution < 1.29 is 9.47 Å². The third-order valence-corrected chi connectivity index (χ3v) is 3.93. The summed E-state index contributed by atoms with van der Waals surface area (Å²) in [7, 11) is 1.68. The Morgan fingerprint density at radius 2 is 2.05 bits per heavy atom. The Morgan fingerprint density at radius 3 is 2.81 bits per heavy atom. The summed E-state index contributed by atoms with van der Waals surface area (Å²) in [5.41, 5.74) is 1.17. The van der Waals surface area contributed by atoms with Crippen LogP contribution in [0.4, 0.5) is 0 Å². The van der Waals surface area contributed by atoms with Crippen LogP contribution in [0.25, 0.3) is 10.8 Å². The molecule has 0 saturated carbocycles. The molecule has 0 spiro atoms. The minimum atomic E-state index is 0.643. The molecule has 1 saturated heterocycles. The molecule has 4 heteroatoms. The molecule has 0 aliphatic carbocycles. The second-order valence-electron chi connectivity index (χ2n) is 5.23. The van der Waals surface area contributed by atoms with Gasteiger partial charge in [0.1, 0.15) is 11.6 Å². The van der Waals surface area contributed by atoms with E-state index in [0.29, 0.717) is 25.5 Å². The van der Waals surface area contributed by atoms with Crippen LogP contribution in [0.3, 0.4) is 0 Å². The van der Waals surface area contributed by atoms with Gasteiger partial charge in [-0.1, -0.05) is 24.3 Å². The molecule has 21 heavy (non-hydrogen) atoms. The molecule has 110 valence electrons. The van der Waals surface area contributed by atoms with Crippen LogP contribution in [-0.2, 0) is 11.2 Å². The van der Waals surface area contributed by atoms with Gasteiger partial charge in [0.05, 0.1) is 20.3 Å². The van der Waals surface area contributed by atoms with Crippen LogP contribution < -0.4 is 4.74 Å². The summed E-state index contributed by atoms with van der Waals surface area (Å²) >= 11 is 0. The van der Waals surface area contributed by atoms with Crippen molar-refractivity contribution in [2.24, 2.45) is 0 Å². The molecular weight excluding hydrogens is 264 g/mol. The number of rotatable bonds is 3. The van der Waals surface area contributed by atoms with Crippen molar-refractivity contribution in [1.29, 1.82) is 5.41 Å². The topological polar surface area (TPSA) is 45.5 Å². The van der Waals surface area contributed by atoms with Crippen LogP contribution in [0.1, 0.15) is 5.56 Å². The number of benzene rings is 2. The van der Waals surface area contributed by atoms with Crippen LogP contribution in [0.15, 0.2) is 36.4 Å². The fourth-order valence-corrected chi connectivity index (χ4v) is 2.72. The summed E-state index contributed by atoms with van der Waals surface area (Å²) in [5, 5.41) is 10.7. The lowest BCUT2D eigenvalue weighted by Gasteiger charge is -2.29. The van der Waals surface area contributed by atoms with E-state index in [1.165, 1.54) is 10.9 Å². The summed E-state index contributed by atoms with van der Waals surface area (Å²) in [6.07, 6.45) is 0.643. The van der Waals surface area contributed by atoms with Crippen molar-refractivity contribution in [2.75, 3.05) is 33.4 Å². The molecule has 1 N–H and O–H groups in total. The number of morpholine rings is 1. The van der Waals surface area contributed by atoms with Gasteiger partial charge in [-0.15, -0.1) is 0 Å². The SMILES string of the molecule is COc1ccc2cccc(CC(=N)N3CCOCC3)c2c1. The van der Waals surface area contributed by atoms with Gasteiger partial charge in [0, 0.05) is 19.5 Å². The number of amidine groups is 1. The van der Waals surface area contributed by atoms with Crippen molar-refractivity contribution in [3.05, 3.63) is 42.0 Å². The fraction of sp³-hybridized carbons (Fsp3) is 0.353. The highest BCUT2D eigenvalue weighted by Gasteiger charge is 2.15. The normalized spacial score (nSPS) is 15.2. The quantitative estimate of drug-likeness (QED) is 0.696. The van der Waals surface area contributed by atoms with Crippen molar-refractivity contribution in [3.8, 4) is 5.75 Å². The molecule has 3 rings (SSSR count). The third kappa shape index (κ3) is 3.00. The molecule has 1 aliphatic rings. The van der Waals surface area contributed by atoms with Crippen molar-refractivity contribution in [1.82, 2.24) is 4.90 Å². The Bertz CT molecular complexity index is 648. The van der Waals surface area contributed by atoms with E-state index in [1.807, 2.05) is 6.07 Å². The molecule has 0 atom stereocenters. The van der Waals surface area contributed by atoms with Crippen LogP contribution in [0, 0.1) is 5.41 Å². The monoisotopic (exact) mass is 284 g/mol. The van der Waals surface area contributed by atoms with Gasteiger partial charge in [-0.25, -0.2) is 0 Å². The molecule has 4 nitrogen and oxygen atoms in total. The largest absolute Gasteiger partial charge is 0.497 e. The maximum absolute atomic E-state index is 8.33. The zero-order valence-corrected chi connectivity index (χ0v) is 12.3. The lowest BCUT2D eigenvalue weighted by Crippen LogP contribution is -2.41. The van der Waals surface area contributed by atoms with Gasteiger partial charge in [-0.05, 0) is 28.5 Å². The summed E-state index contributed by atoms with van der Waals surface area (Å²) in [5.74, 6) is 1.52. The standard InChI is InChI=1S/C17H20N2O2/c1-20-15-6-5-13-3-2-4-14(16(13)12-15)11-17(18)19-7-9-21-10-8-19/h2-6,12,18H,7-11H2,1H3. The molecule has 1 heterocycles. The molecule has 0 unspecified atom stereocenters. The summed E-state index contributed by atoms with van der Waals surface area (Å²) in [6, 6.07) is 12.3. The Kier molecular flexibility index (Phi) is 4.06. The third-order valence-electron chi connectivity index (χ3n) is 3.93. The molecule has 0 radical (unpaired) electrons. The van der Waals surface area contributed by atoms with E-state index in [4.69, 9.17) is 14.9 Å². The number of methoxy groups -OCH3 is 1. The van der Waals surface area contributed by atoms with Gasteiger partial charge < -0.3 is 14.4 Å². The van der Waals surface area contributed by atoms with Crippen molar-refractivity contribution in [2.45, 2.75) is 6.42 Å². The van der Waals surface area contributed by atoms with E-state index in [0.717, 1.165) is 24.2 Å². The van der Waals surface area contributed by atoms with Crippen molar-refractivity contribution in [3.63, 3.8) is 0 Å². The first-order chi connectivity index (χ1) is 10.3. The minimum absolute atomic E-state index is 0.643. The number of nitrogens with zero attached hydrogens (tertiary/aromatic N) is 1. The first-order valence-corrected chi connectivity index (χ1v) is 7.23. The zero-order valence-electron chi connectivity index (χ0n) is 12.3. The lowest BCUT2D eigenvalue weighted by atomic mass is 10.0. The fourth-order valence-electron chi connectivity index (χ4n) is 2.72. The maximum atomic E-state index is 8.33. The minimum Gasteiger partial charge on any atom is -0.497 e. The number of ether oxygens (including phenoxy) is 2. The van der Waals surface area contributed by atoms with Gasteiger partial charge in [0.25, 0.3) is 0 Å². The predicted octanol–water partition coefficient (Wildman–Crippen LogP) is 2.70. The van der Waals surface area contributed by atoms with E-state index in [1.54, 1.807) is 7.11 Å². The van der Waals surface area contributed by atoms with Gasteiger partial charge in [-0.2, -0.15) is 0 Å². The lowest BCUT2D eigenvalue weighted by molar-refractivity contribution is 0.0670. The Hall–Kier alpha value is -2.07. The van der Waals surface area contributed by atoms with E-state index in [9.17, 15) is 0 Å².